The Morgan fingerprint density at radius 2 is 1.84 bits per heavy atom. The van der Waals surface area contributed by atoms with Gasteiger partial charge in [-0.25, -0.2) is 9.18 Å². The van der Waals surface area contributed by atoms with Crippen LogP contribution in [0, 0.1) is 5.82 Å². The summed E-state index contributed by atoms with van der Waals surface area (Å²) in [4.78, 5) is 14.0. The molecule has 2 amide bonds. The fraction of sp³-hybridized carbons (Fsp3) is 0.174. The molecule has 4 rings (SSSR count). The molecule has 0 aliphatic heterocycles. The van der Waals surface area contributed by atoms with Gasteiger partial charge in [0.2, 0.25) is 0 Å². The number of aromatic amines is 1. The van der Waals surface area contributed by atoms with E-state index < -0.39 is 0 Å². The van der Waals surface area contributed by atoms with Crippen molar-refractivity contribution in [2.24, 2.45) is 0 Å². The topological polar surface area (TPSA) is 87.0 Å². The number of aryl methyl sites for hydroxylation is 1. The van der Waals surface area contributed by atoms with Gasteiger partial charge in [0.1, 0.15) is 5.82 Å². The third-order valence-corrected chi connectivity index (χ3v) is 5.18. The molecule has 2 aromatic carbocycles. The lowest BCUT2D eigenvalue weighted by molar-refractivity contribution is 0.221. The Kier molecular flexibility index (Phi) is 6.51. The number of benzene rings is 2. The van der Waals surface area contributed by atoms with E-state index in [1.165, 1.54) is 12.1 Å². The van der Waals surface area contributed by atoms with Gasteiger partial charge in [0.05, 0.1) is 5.69 Å². The number of amides is 2. The summed E-state index contributed by atoms with van der Waals surface area (Å²) in [6, 6.07) is 16.7. The summed E-state index contributed by atoms with van der Waals surface area (Å²) >= 11 is 5.90. The number of urea groups is 1. The van der Waals surface area contributed by atoms with Crippen LogP contribution in [0.15, 0.2) is 65.2 Å². The molecule has 2 N–H and O–H groups in total. The predicted octanol–water partition coefficient (Wildman–Crippen LogP) is 5.62. The molecule has 0 spiro atoms. The molecular weight excluding hydrogens is 433 g/mol. The molecule has 0 aliphatic carbocycles. The van der Waals surface area contributed by atoms with Crippen LogP contribution in [0.5, 0.6) is 0 Å². The molecule has 0 fully saturated rings. The highest BCUT2D eigenvalue weighted by atomic mass is 35.5. The van der Waals surface area contributed by atoms with Crippen LogP contribution in [0.1, 0.15) is 12.1 Å². The van der Waals surface area contributed by atoms with Crippen LogP contribution in [-0.2, 0) is 6.42 Å². The molecule has 0 aliphatic rings. The molecule has 7 nitrogen and oxygen atoms in total. The van der Waals surface area contributed by atoms with Gasteiger partial charge in [0.25, 0.3) is 0 Å². The molecule has 9 heteroatoms. The van der Waals surface area contributed by atoms with E-state index in [0.29, 0.717) is 23.1 Å². The van der Waals surface area contributed by atoms with Crippen molar-refractivity contribution < 1.29 is 13.7 Å². The third-order valence-electron chi connectivity index (χ3n) is 4.93. The van der Waals surface area contributed by atoms with Gasteiger partial charge in [0.15, 0.2) is 11.6 Å². The number of carbonyl (C=O) groups is 1. The van der Waals surface area contributed by atoms with Gasteiger partial charge in [-0.15, -0.1) is 0 Å². The van der Waals surface area contributed by atoms with Crippen LogP contribution in [0.4, 0.5) is 15.0 Å². The largest absolute Gasteiger partial charge is 0.354 e. The van der Waals surface area contributed by atoms with Crippen LogP contribution in [0.3, 0.4) is 0 Å². The first-order chi connectivity index (χ1) is 15.5. The molecular formula is C23H21ClFN5O2. The van der Waals surface area contributed by atoms with E-state index in [0.717, 1.165) is 35.4 Å². The molecule has 2 heterocycles. The van der Waals surface area contributed by atoms with Crippen LogP contribution >= 0.6 is 11.6 Å². The monoisotopic (exact) mass is 453 g/mol. The highest BCUT2D eigenvalue weighted by molar-refractivity contribution is 6.30. The Bertz CT molecular complexity index is 1190. The SMILES string of the molecule is CN(CCCc1cc(-c2ccc(F)cc2)n[nH]1)C(=O)Nc1cc(-c2ccc(Cl)cc2)on1. The average Bonchev–Trinajstić information content (AvgIpc) is 3.45. The number of aromatic nitrogens is 3. The Morgan fingerprint density at radius 3 is 2.59 bits per heavy atom. The summed E-state index contributed by atoms with van der Waals surface area (Å²) in [6.07, 6.45) is 1.46. The second-order valence-electron chi connectivity index (χ2n) is 7.32. The fourth-order valence-corrected chi connectivity index (χ4v) is 3.28. The first kappa shape index (κ1) is 21.6. The van der Waals surface area contributed by atoms with Gasteiger partial charge >= 0.3 is 6.03 Å². The van der Waals surface area contributed by atoms with Crippen molar-refractivity contribution in [3.8, 4) is 22.6 Å². The third kappa shape index (κ3) is 5.33. The Balaban J connectivity index is 1.26. The summed E-state index contributed by atoms with van der Waals surface area (Å²) in [6.45, 7) is 0.540. The van der Waals surface area contributed by atoms with Crippen molar-refractivity contribution in [1.82, 2.24) is 20.3 Å². The van der Waals surface area contributed by atoms with Crippen LogP contribution in [0.2, 0.25) is 5.02 Å². The number of carbonyl (C=O) groups excluding carboxylic acids is 1. The maximum absolute atomic E-state index is 13.1. The molecule has 32 heavy (non-hydrogen) atoms. The molecule has 4 aromatic rings. The number of rotatable bonds is 7. The molecule has 0 radical (unpaired) electrons. The molecule has 0 bridgehead atoms. The van der Waals surface area contributed by atoms with Gasteiger partial charge in [-0.1, -0.05) is 16.8 Å². The van der Waals surface area contributed by atoms with Gasteiger partial charge in [-0.2, -0.15) is 5.10 Å². The van der Waals surface area contributed by atoms with Crippen molar-refractivity contribution in [3.05, 3.63) is 77.2 Å². The minimum Gasteiger partial charge on any atom is -0.354 e. The van der Waals surface area contributed by atoms with Gasteiger partial charge in [0, 0.05) is 41.5 Å². The zero-order valence-corrected chi connectivity index (χ0v) is 18.1. The van der Waals surface area contributed by atoms with E-state index in [-0.39, 0.29) is 11.8 Å². The zero-order valence-electron chi connectivity index (χ0n) is 17.3. The molecule has 2 aromatic heterocycles. The number of hydrogen-bond donors (Lipinski definition) is 2. The number of halogens is 2. The van der Waals surface area contributed by atoms with Crippen molar-refractivity contribution >= 4 is 23.4 Å². The van der Waals surface area contributed by atoms with Crippen LogP contribution in [-0.4, -0.2) is 39.9 Å². The standard InChI is InChI=1S/C23H21ClFN5O2/c1-30(12-2-3-19-13-20(28-27-19)15-6-10-18(25)11-7-15)23(31)26-22-14-21(32-29-22)16-4-8-17(24)9-5-16/h4-11,13-14H,2-3,12H2,1H3,(H,27,28)(H,26,29,31). The first-order valence-electron chi connectivity index (χ1n) is 10.0. The maximum atomic E-state index is 13.1. The van der Waals surface area contributed by atoms with Crippen LogP contribution in [0.25, 0.3) is 22.6 Å². The summed E-state index contributed by atoms with van der Waals surface area (Å²) in [5, 5.41) is 14.5. The number of H-pyrrole nitrogens is 1. The molecule has 0 unspecified atom stereocenters. The smallest absolute Gasteiger partial charge is 0.322 e. The first-order valence-corrected chi connectivity index (χ1v) is 10.4. The lowest BCUT2D eigenvalue weighted by Gasteiger charge is -2.16. The Labute approximate surface area is 189 Å². The predicted molar refractivity (Wildman–Crippen MR) is 121 cm³/mol. The van der Waals surface area contributed by atoms with Crippen molar-refractivity contribution in [3.63, 3.8) is 0 Å². The molecule has 0 saturated heterocycles. The van der Waals surface area contributed by atoms with Crippen LogP contribution < -0.4 is 5.32 Å². The number of hydrogen-bond acceptors (Lipinski definition) is 4. The second kappa shape index (κ2) is 9.65. The summed E-state index contributed by atoms with van der Waals surface area (Å²) in [7, 11) is 1.71. The lowest BCUT2D eigenvalue weighted by atomic mass is 10.1. The van der Waals surface area contributed by atoms with Crippen molar-refractivity contribution in [2.75, 3.05) is 18.9 Å². The lowest BCUT2D eigenvalue weighted by Crippen LogP contribution is -2.32. The second-order valence-corrected chi connectivity index (χ2v) is 7.76. The van der Waals surface area contributed by atoms with Crippen molar-refractivity contribution in [2.45, 2.75) is 12.8 Å². The highest BCUT2D eigenvalue weighted by Crippen LogP contribution is 2.24. The summed E-state index contributed by atoms with van der Waals surface area (Å²) < 4.78 is 18.4. The summed E-state index contributed by atoms with van der Waals surface area (Å²) in [5.74, 6) is 0.595. The average molecular weight is 454 g/mol. The van der Waals surface area contributed by atoms with E-state index in [2.05, 4.69) is 20.7 Å². The Hall–Kier alpha value is -3.65. The van der Waals surface area contributed by atoms with E-state index in [1.54, 1.807) is 42.3 Å². The number of nitrogens with one attached hydrogen (secondary N) is 2. The molecule has 0 atom stereocenters. The minimum absolute atomic E-state index is 0.280. The van der Waals surface area contributed by atoms with E-state index in [4.69, 9.17) is 16.1 Å². The zero-order chi connectivity index (χ0) is 22.5. The van der Waals surface area contributed by atoms with Crippen molar-refractivity contribution in [1.29, 1.82) is 0 Å². The van der Waals surface area contributed by atoms with Gasteiger partial charge in [-0.3, -0.25) is 10.4 Å². The quantitative estimate of drug-likeness (QED) is 0.380. The molecule has 0 saturated carbocycles. The van der Waals surface area contributed by atoms with Gasteiger partial charge < -0.3 is 9.42 Å². The molecule has 164 valence electrons. The Morgan fingerprint density at radius 1 is 1.12 bits per heavy atom. The highest BCUT2D eigenvalue weighted by Gasteiger charge is 2.13. The van der Waals surface area contributed by atoms with Gasteiger partial charge in [-0.05, 0) is 67.4 Å². The van der Waals surface area contributed by atoms with E-state index >= 15 is 0 Å². The fourth-order valence-electron chi connectivity index (χ4n) is 3.16. The normalized spacial score (nSPS) is 10.8. The number of nitrogens with zero attached hydrogens (tertiary/aromatic N) is 3. The minimum atomic E-state index is -0.280. The van der Waals surface area contributed by atoms with E-state index in [1.807, 2.05) is 18.2 Å². The summed E-state index contributed by atoms with van der Waals surface area (Å²) in [5.41, 5.74) is 3.36. The maximum Gasteiger partial charge on any atom is 0.322 e. The van der Waals surface area contributed by atoms with E-state index in [9.17, 15) is 9.18 Å². The number of anilines is 1.